The van der Waals surface area contributed by atoms with Gasteiger partial charge in [-0.1, -0.05) is 19.8 Å². The molecule has 0 bridgehead atoms. The average molecular weight is 235 g/mol. The Morgan fingerprint density at radius 3 is 2.82 bits per heavy atom. The van der Waals surface area contributed by atoms with Crippen LogP contribution in [0.25, 0.3) is 0 Å². The smallest absolute Gasteiger partial charge is 0.271 e. The van der Waals surface area contributed by atoms with Gasteiger partial charge in [0.1, 0.15) is 5.69 Å². The molecule has 17 heavy (non-hydrogen) atoms. The third-order valence-electron chi connectivity index (χ3n) is 3.34. The van der Waals surface area contributed by atoms with E-state index in [4.69, 9.17) is 0 Å². The zero-order valence-corrected chi connectivity index (χ0v) is 9.90. The second-order valence-electron chi connectivity index (χ2n) is 4.65. The number of carbonyl (C=O) groups excluding carboxylic acids is 1. The van der Waals surface area contributed by atoms with Gasteiger partial charge in [-0.3, -0.25) is 9.59 Å². The summed E-state index contributed by atoms with van der Waals surface area (Å²) in [6, 6.07) is 2.98. The van der Waals surface area contributed by atoms with Crippen LogP contribution in [0.1, 0.15) is 43.1 Å². The molecule has 1 aliphatic carbocycles. The summed E-state index contributed by atoms with van der Waals surface area (Å²) in [5.74, 6) is 0.301. The standard InChI is InChI=1S/C12H17N3O2/c1-8-4-2-3-5-9(8)13-12(17)10-6-7-11(16)15-14-10/h6-9H,2-5H2,1H3,(H,13,17)(H,15,16). The predicted molar refractivity (Wildman–Crippen MR) is 63.7 cm³/mol. The number of aromatic amines is 1. The summed E-state index contributed by atoms with van der Waals surface area (Å²) in [6.45, 7) is 2.16. The zero-order valence-electron chi connectivity index (χ0n) is 9.90. The van der Waals surface area contributed by atoms with Gasteiger partial charge in [-0.25, -0.2) is 5.10 Å². The van der Waals surface area contributed by atoms with Crippen molar-refractivity contribution in [3.05, 3.63) is 28.2 Å². The fourth-order valence-corrected chi connectivity index (χ4v) is 2.24. The van der Waals surface area contributed by atoms with E-state index in [0.29, 0.717) is 5.92 Å². The van der Waals surface area contributed by atoms with Crippen LogP contribution in [0.2, 0.25) is 0 Å². The van der Waals surface area contributed by atoms with Crippen LogP contribution < -0.4 is 10.9 Å². The maximum atomic E-state index is 11.9. The number of amides is 1. The van der Waals surface area contributed by atoms with E-state index in [1.54, 1.807) is 0 Å². The van der Waals surface area contributed by atoms with Crippen molar-refractivity contribution < 1.29 is 4.79 Å². The minimum absolute atomic E-state index is 0.208. The molecule has 2 rings (SSSR count). The number of hydrogen-bond acceptors (Lipinski definition) is 3. The molecular weight excluding hydrogens is 218 g/mol. The Bertz CT molecular complexity index is 435. The van der Waals surface area contributed by atoms with Crippen molar-refractivity contribution in [2.75, 3.05) is 0 Å². The zero-order chi connectivity index (χ0) is 12.3. The third-order valence-corrected chi connectivity index (χ3v) is 3.34. The molecule has 5 heteroatoms. The van der Waals surface area contributed by atoms with Crippen molar-refractivity contribution in [2.24, 2.45) is 5.92 Å². The first-order chi connectivity index (χ1) is 8.16. The van der Waals surface area contributed by atoms with Crippen molar-refractivity contribution >= 4 is 5.91 Å². The molecule has 1 heterocycles. The maximum absolute atomic E-state index is 11.9. The Balaban J connectivity index is 2.01. The summed E-state index contributed by atoms with van der Waals surface area (Å²) in [4.78, 5) is 22.7. The Kier molecular flexibility index (Phi) is 3.56. The molecule has 1 aliphatic rings. The topological polar surface area (TPSA) is 74.8 Å². The largest absolute Gasteiger partial charge is 0.348 e. The van der Waals surface area contributed by atoms with Gasteiger partial charge in [0.2, 0.25) is 0 Å². The molecule has 0 spiro atoms. The van der Waals surface area contributed by atoms with Crippen LogP contribution in [0.4, 0.5) is 0 Å². The number of H-pyrrole nitrogens is 1. The van der Waals surface area contributed by atoms with Crippen LogP contribution >= 0.6 is 0 Å². The second kappa shape index (κ2) is 5.12. The highest BCUT2D eigenvalue weighted by molar-refractivity contribution is 5.92. The maximum Gasteiger partial charge on any atom is 0.271 e. The van der Waals surface area contributed by atoms with E-state index >= 15 is 0 Å². The monoisotopic (exact) mass is 235 g/mol. The molecule has 1 amide bonds. The van der Waals surface area contributed by atoms with E-state index in [1.807, 2.05) is 0 Å². The number of rotatable bonds is 2. The van der Waals surface area contributed by atoms with Gasteiger partial charge < -0.3 is 5.32 Å². The lowest BCUT2D eigenvalue weighted by Gasteiger charge is -2.29. The molecule has 1 aromatic rings. The first-order valence-corrected chi connectivity index (χ1v) is 6.03. The first kappa shape index (κ1) is 11.8. The van der Waals surface area contributed by atoms with Crippen LogP contribution in [0, 0.1) is 5.92 Å². The van der Waals surface area contributed by atoms with E-state index in [0.717, 1.165) is 19.3 Å². The number of nitrogens with zero attached hydrogens (tertiary/aromatic N) is 1. The van der Waals surface area contributed by atoms with Gasteiger partial charge in [-0.2, -0.15) is 5.10 Å². The fraction of sp³-hybridized carbons (Fsp3) is 0.583. The van der Waals surface area contributed by atoms with Crippen LogP contribution in [-0.2, 0) is 0 Å². The quantitative estimate of drug-likeness (QED) is 0.805. The Morgan fingerprint density at radius 1 is 1.41 bits per heavy atom. The van der Waals surface area contributed by atoms with Gasteiger partial charge in [0, 0.05) is 12.1 Å². The van der Waals surface area contributed by atoms with Crippen LogP contribution in [0.15, 0.2) is 16.9 Å². The van der Waals surface area contributed by atoms with Crippen molar-refractivity contribution in [3.8, 4) is 0 Å². The number of aromatic nitrogens is 2. The molecule has 0 radical (unpaired) electrons. The summed E-state index contributed by atoms with van der Waals surface area (Å²) in [5, 5.41) is 8.96. The van der Waals surface area contributed by atoms with Crippen LogP contribution in [-0.4, -0.2) is 22.1 Å². The summed E-state index contributed by atoms with van der Waals surface area (Å²) >= 11 is 0. The lowest BCUT2D eigenvalue weighted by Crippen LogP contribution is -2.41. The average Bonchev–Trinajstić information content (AvgIpc) is 2.33. The molecule has 1 fully saturated rings. The van der Waals surface area contributed by atoms with Crippen molar-refractivity contribution in [1.29, 1.82) is 0 Å². The molecule has 1 aromatic heterocycles. The molecule has 5 nitrogen and oxygen atoms in total. The predicted octanol–water partition coefficient (Wildman–Crippen LogP) is 1.08. The second-order valence-corrected chi connectivity index (χ2v) is 4.65. The lowest BCUT2D eigenvalue weighted by atomic mass is 9.86. The van der Waals surface area contributed by atoms with Crippen molar-refractivity contribution in [2.45, 2.75) is 38.6 Å². The molecule has 0 saturated heterocycles. The SMILES string of the molecule is CC1CCCCC1NC(=O)c1ccc(=O)[nH]n1. The highest BCUT2D eigenvalue weighted by Gasteiger charge is 2.23. The Morgan fingerprint density at radius 2 is 2.18 bits per heavy atom. The van der Waals surface area contributed by atoms with E-state index in [-0.39, 0.29) is 23.2 Å². The molecule has 0 aromatic carbocycles. The minimum Gasteiger partial charge on any atom is -0.348 e. The van der Waals surface area contributed by atoms with Gasteiger partial charge in [0.15, 0.2) is 0 Å². The molecule has 2 unspecified atom stereocenters. The highest BCUT2D eigenvalue weighted by atomic mass is 16.2. The van der Waals surface area contributed by atoms with Crippen molar-refractivity contribution in [3.63, 3.8) is 0 Å². The van der Waals surface area contributed by atoms with E-state index in [9.17, 15) is 9.59 Å². The molecule has 92 valence electrons. The molecule has 0 aliphatic heterocycles. The van der Waals surface area contributed by atoms with E-state index in [2.05, 4.69) is 22.4 Å². The van der Waals surface area contributed by atoms with Crippen molar-refractivity contribution in [1.82, 2.24) is 15.5 Å². The van der Waals surface area contributed by atoms with Gasteiger partial charge in [0.25, 0.3) is 11.5 Å². The number of nitrogens with one attached hydrogen (secondary N) is 2. The summed E-state index contributed by atoms with van der Waals surface area (Å²) in [7, 11) is 0. The first-order valence-electron chi connectivity index (χ1n) is 6.03. The Hall–Kier alpha value is -1.65. The lowest BCUT2D eigenvalue weighted by molar-refractivity contribution is 0.0904. The van der Waals surface area contributed by atoms with Gasteiger partial charge >= 0.3 is 0 Å². The summed E-state index contributed by atoms with van der Waals surface area (Å²) in [5.41, 5.74) is -0.0324. The summed E-state index contributed by atoms with van der Waals surface area (Å²) in [6.07, 6.45) is 4.58. The number of hydrogen-bond donors (Lipinski definition) is 2. The normalized spacial score (nSPS) is 24.3. The van der Waals surface area contributed by atoms with Gasteiger partial charge in [0.05, 0.1) is 0 Å². The molecule has 1 saturated carbocycles. The Labute approximate surface area is 99.6 Å². The molecule has 2 atom stereocenters. The van der Waals surface area contributed by atoms with Crippen LogP contribution in [0.5, 0.6) is 0 Å². The fourth-order valence-electron chi connectivity index (χ4n) is 2.24. The third kappa shape index (κ3) is 2.93. The van der Waals surface area contributed by atoms with Crippen LogP contribution in [0.3, 0.4) is 0 Å². The molecular formula is C12H17N3O2. The van der Waals surface area contributed by atoms with Gasteiger partial charge in [-0.05, 0) is 24.8 Å². The van der Waals surface area contributed by atoms with Gasteiger partial charge in [-0.15, -0.1) is 0 Å². The van der Waals surface area contributed by atoms with E-state index < -0.39 is 0 Å². The van der Waals surface area contributed by atoms with E-state index in [1.165, 1.54) is 18.6 Å². The summed E-state index contributed by atoms with van der Waals surface area (Å²) < 4.78 is 0. The molecule has 2 N–H and O–H groups in total. The minimum atomic E-state index is -0.299. The number of carbonyl (C=O) groups is 1. The highest BCUT2D eigenvalue weighted by Crippen LogP contribution is 2.23.